The number of halogens is 1. The van der Waals surface area contributed by atoms with Gasteiger partial charge in [0.2, 0.25) is 0 Å². The molecule has 1 saturated heterocycles. The molecule has 1 fully saturated rings. The first-order chi connectivity index (χ1) is 6.79. The van der Waals surface area contributed by atoms with Crippen molar-refractivity contribution in [2.45, 2.75) is 18.8 Å². The van der Waals surface area contributed by atoms with E-state index in [0.29, 0.717) is 5.88 Å². The van der Waals surface area contributed by atoms with Crippen molar-refractivity contribution in [1.82, 2.24) is 14.5 Å². The summed E-state index contributed by atoms with van der Waals surface area (Å²) in [5.74, 6) is 1.32. The Morgan fingerprint density at radius 2 is 2.50 bits per heavy atom. The number of rotatable bonds is 3. The van der Waals surface area contributed by atoms with Gasteiger partial charge in [-0.25, -0.2) is 4.98 Å². The molecule has 3 nitrogen and oxygen atoms in total. The minimum Gasteiger partial charge on any atom is -0.333 e. The topological polar surface area (TPSA) is 21.1 Å². The molecule has 0 bridgehead atoms. The summed E-state index contributed by atoms with van der Waals surface area (Å²) in [5.41, 5.74) is 1.13. The predicted molar refractivity (Wildman–Crippen MR) is 57.4 cm³/mol. The van der Waals surface area contributed by atoms with E-state index in [-0.39, 0.29) is 0 Å². The number of aromatic nitrogens is 2. The van der Waals surface area contributed by atoms with Crippen molar-refractivity contribution in [2.75, 3.05) is 20.1 Å². The number of hydrogen-bond acceptors (Lipinski definition) is 2. The lowest BCUT2D eigenvalue weighted by Crippen LogP contribution is -2.17. The summed E-state index contributed by atoms with van der Waals surface area (Å²) in [4.78, 5) is 6.50. The molecule has 0 radical (unpaired) electrons. The summed E-state index contributed by atoms with van der Waals surface area (Å²) in [6.07, 6.45) is 5.03. The summed E-state index contributed by atoms with van der Waals surface area (Å²) < 4.78 is 2.18. The normalized spacial score (nSPS) is 23.1. The van der Waals surface area contributed by atoms with Crippen molar-refractivity contribution in [3.8, 4) is 0 Å². The minimum atomic E-state index is 0.558. The molecule has 1 aliphatic heterocycles. The number of hydrogen-bond donors (Lipinski definition) is 0. The van der Waals surface area contributed by atoms with Crippen LogP contribution in [0.4, 0.5) is 0 Å². The van der Waals surface area contributed by atoms with Crippen molar-refractivity contribution in [3.05, 3.63) is 18.2 Å². The van der Waals surface area contributed by atoms with Crippen LogP contribution < -0.4 is 0 Å². The van der Waals surface area contributed by atoms with Gasteiger partial charge in [-0.2, -0.15) is 0 Å². The van der Waals surface area contributed by atoms with E-state index in [1.54, 1.807) is 0 Å². The van der Waals surface area contributed by atoms with Gasteiger partial charge in [0.1, 0.15) is 0 Å². The third kappa shape index (κ3) is 2.10. The molecule has 1 atom stereocenters. The third-order valence-corrected chi connectivity index (χ3v) is 3.15. The van der Waals surface area contributed by atoms with Crippen LogP contribution in [-0.2, 0) is 12.4 Å². The zero-order valence-electron chi connectivity index (χ0n) is 8.49. The maximum atomic E-state index is 5.82. The van der Waals surface area contributed by atoms with Gasteiger partial charge in [0, 0.05) is 19.3 Å². The molecule has 0 aliphatic carbocycles. The molecule has 0 saturated carbocycles. The van der Waals surface area contributed by atoms with Crippen LogP contribution >= 0.6 is 11.6 Å². The molecular formula is C10H16ClN3. The fourth-order valence-corrected chi connectivity index (χ4v) is 2.30. The minimum absolute atomic E-state index is 0.558. The van der Waals surface area contributed by atoms with Crippen LogP contribution in [0.5, 0.6) is 0 Å². The van der Waals surface area contributed by atoms with Crippen LogP contribution in [-0.4, -0.2) is 34.6 Å². The summed E-state index contributed by atoms with van der Waals surface area (Å²) in [7, 11) is 2.18. The summed E-state index contributed by atoms with van der Waals surface area (Å²) in [5, 5.41) is 0. The van der Waals surface area contributed by atoms with Crippen LogP contribution in [0.25, 0.3) is 0 Å². The summed E-state index contributed by atoms with van der Waals surface area (Å²) in [6.45, 7) is 3.47. The summed E-state index contributed by atoms with van der Waals surface area (Å²) in [6, 6.07) is 0. The number of imidazole rings is 1. The highest BCUT2D eigenvalue weighted by Gasteiger charge is 2.20. The van der Waals surface area contributed by atoms with Crippen molar-refractivity contribution in [2.24, 2.45) is 5.92 Å². The van der Waals surface area contributed by atoms with Gasteiger partial charge in [-0.05, 0) is 25.9 Å². The second-order valence-electron chi connectivity index (χ2n) is 4.09. The van der Waals surface area contributed by atoms with Crippen molar-refractivity contribution in [1.29, 1.82) is 0 Å². The molecule has 4 heteroatoms. The standard InChI is InChI=1S/C10H16ClN3/c1-13-3-2-9(6-13)7-14-8-12-5-10(14)4-11/h5,8-9H,2-4,6-7H2,1H3. The average molecular weight is 214 g/mol. The SMILES string of the molecule is CN1CCC(Cn2cncc2CCl)C1. The zero-order valence-corrected chi connectivity index (χ0v) is 9.24. The Morgan fingerprint density at radius 3 is 3.14 bits per heavy atom. The van der Waals surface area contributed by atoms with Gasteiger partial charge >= 0.3 is 0 Å². The van der Waals surface area contributed by atoms with E-state index in [1.165, 1.54) is 19.5 Å². The Balaban J connectivity index is 1.97. The Kier molecular flexibility index (Phi) is 3.08. The van der Waals surface area contributed by atoms with Crippen LogP contribution in [0.3, 0.4) is 0 Å². The first kappa shape index (κ1) is 9.99. The highest BCUT2D eigenvalue weighted by molar-refractivity contribution is 6.16. The van der Waals surface area contributed by atoms with Crippen molar-refractivity contribution < 1.29 is 0 Å². The molecule has 1 unspecified atom stereocenters. The number of likely N-dealkylation sites (tertiary alicyclic amines) is 1. The molecule has 0 N–H and O–H groups in total. The fraction of sp³-hybridized carbons (Fsp3) is 0.700. The van der Waals surface area contributed by atoms with Crippen molar-refractivity contribution in [3.63, 3.8) is 0 Å². The second-order valence-corrected chi connectivity index (χ2v) is 4.36. The van der Waals surface area contributed by atoms with Gasteiger partial charge in [0.05, 0.1) is 17.9 Å². The average Bonchev–Trinajstić information content (AvgIpc) is 2.76. The third-order valence-electron chi connectivity index (χ3n) is 2.88. The van der Waals surface area contributed by atoms with E-state index >= 15 is 0 Å². The van der Waals surface area contributed by atoms with Crippen molar-refractivity contribution >= 4 is 11.6 Å². The largest absolute Gasteiger partial charge is 0.333 e. The van der Waals surface area contributed by atoms with Crippen LogP contribution in [0.15, 0.2) is 12.5 Å². The second kappa shape index (κ2) is 4.32. The van der Waals surface area contributed by atoms with Crippen LogP contribution in [0.1, 0.15) is 12.1 Å². The molecule has 78 valence electrons. The van der Waals surface area contributed by atoms with E-state index in [0.717, 1.165) is 18.2 Å². The van der Waals surface area contributed by atoms with Gasteiger partial charge in [-0.15, -0.1) is 11.6 Å². The monoisotopic (exact) mass is 213 g/mol. The van der Waals surface area contributed by atoms with Crippen LogP contribution in [0, 0.1) is 5.92 Å². The van der Waals surface area contributed by atoms with E-state index < -0.39 is 0 Å². The molecule has 2 heterocycles. The maximum absolute atomic E-state index is 5.82. The lowest BCUT2D eigenvalue weighted by atomic mass is 10.1. The van der Waals surface area contributed by atoms with Gasteiger partial charge in [-0.3, -0.25) is 0 Å². The van der Waals surface area contributed by atoms with E-state index in [2.05, 4.69) is 21.5 Å². The highest BCUT2D eigenvalue weighted by Crippen LogP contribution is 2.17. The fourth-order valence-electron chi connectivity index (χ4n) is 2.08. The Hall–Kier alpha value is -0.540. The first-order valence-corrected chi connectivity index (χ1v) is 5.56. The van der Waals surface area contributed by atoms with Gasteiger partial charge in [0.25, 0.3) is 0 Å². The number of alkyl halides is 1. The Morgan fingerprint density at radius 1 is 1.64 bits per heavy atom. The lowest BCUT2D eigenvalue weighted by molar-refractivity contribution is 0.376. The smallest absolute Gasteiger partial charge is 0.0948 e. The zero-order chi connectivity index (χ0) is 9.97. The maximum Gasteiger partial charge on any atom is 0.0948 e. The lowest BCUT2D eigenvalue weighted by Gasteiger charge is -2.12. The highest BCUT2D eigenvalue weighted by atomic mass is 35.5. The molecule has 1 aromatic heterocycles. The number of nitrogens with zero attached hydrogens (tertiary/aromatic N) is 3. The van der Waals surface area contributed by atoms with Gasteiger partial charge in [-0.1, -0.05) is 0 Å². The van der Waals surface area contributed by atoms with E-state index in [9.17, 15) is 0 Å². The molecule has 0 spiro atoms. The van der Waals surface area contributed by atoms with Gasteiger partial charge < -0.3 is 9.47 Å². The van der Waals surface area contributed by atoms with Gasteiger partial charge in [0.15, 0.2) is 0 Å². The molecule has 14 heavy (non-hydrogen) atoms. The Bertz CT molecular complexity index is 297. The molecule has 2 rings (SSSR count). The molecular weight excluding hydrogens is 198 g/mol. The van der Waals surface area contributed by atoms with E-state index in [4.69, 9.17) is 11.6 Å². The molecule has 1 aliphatic rings. The van der Waals surface area contributed by atoms with Crippen LogP contribution in [0.2, 0.25) is 0 Å². The molecule has 0 amide bonds. The van der Waals surface area contributed by atoms with E-state index in [1.807, 2.05) is 12.5 Å². The quantitative estimate of drug-likeness (QED) is 0.711. The molecule has 1 aromatic rings. The first-order valence-electron chi connectivity index (χ1n) is 5.03. The predicted octanol–water partition coefficient (Wildman–Crippen LogP) is 1.57. The molecule has 0 aromatic carbocycles. The Labute approximate surface area is 89.7 Å². The summed E-state index contributed by atoms with van der Waals surface area (Å²) >= 11 is 5.82.